The predicted octanol–water partition coefficient (Wildman–Crippen LogP) is 2.74. The molecule has 0 aromatic heterocycles. The predicted molar refractivity (Wildman–Crippen MR) is 118 cm³/mol. The Balaban J connectivity index is 1.87. The molecule has 166 valence electrons. The van der Waals surface area contributed by atoms with Crippen LogP contribution in [0.25, 0.3) is 0 Å². The summed E-state index contributed by atoms with van der Waals surface area (Å²) in [7, 11) is 1.57. The van der Waals surface area contributed by atoms with Crippen molar-refractivity contribution in [1.82, 2.24) is 9.80 Å². The molecule has 7 nitrogen and oxygen atoms in total. The van der Waals surface area contributed by atoms with Gasteiger partial charge in [0.25, 0.3) is 0 Å². The molecule has 2 aromatic rings. The lowest BCUT2D eigenvalue weighted by atomic mass is 10.1. The monoisotopic (exact) mass is 428 g/mol. The third kappa shape index (κ3) is 5.39. The van der Waals surface area contributed by atoms with Crippen molar-refractivity contribution in [2.24, 2.45) is 5.73 Å². The number of nitrogens with two attached hydrogens (primary N) is 1. The van der Waals surface area contributed by atoms with Crippen molar-refractivity contribution in [3.63, 3.8) is 0 Å². The van der Waals surface area contributed by atoms with E-state index in [1.54, 1.807) is 47.2 Å². The summed E-state index contributed by atoms with van der Waals surface area (Å²) in [5.74, 6) is -0.202. The molecule has 2 amide bonds. The molecular weight excluding hydrogens is 399 g/mol. The molecule has 3 rings (SSSR count). The Morgan fingerprint density at radius 2 is 1.77 bits per heavy atom. The van der Waals surface area contributed by atoms with E-state index in [0.29, 0.717) is 30.1 Å². The topological polar surface area (TPSA) is 79.1 Å². The number of rotatable bonds is 7. The second-order valence-electron chi connectivity index (χ2n) is 7.42. The van der Waals surface area contributed by atoms with Crippen molar-refractivity contribution in [1.29, 1.82) is 0 Å². The molecule has 0 spiro atoms. The average molecular weight is 429 g/mol. The molecule has 1 aliphatic heterocycles. The zero-order valence-corrected chi connectivity index (χ0v) is 18.0. The third-order valence-corrected chi connectivity index (χ3v) is 5.59. The van der Waals surface area contributed by atoms with Gasteiger partial charge in [-0.2, -0.15) is 0 Å². The Bertz CT molecular complexity index is 912. The number of ether oxygens (including phenoxy) is 1. The fourth-order valence-corrected chi connectivity index (χ4v) is 3.59. The molecule has 1 heterocycles. The number of likely N-dealkylation sites (N-methyl/N-ethyl adjacent to an activating group) is 1. The van der Waals surface area contributed by atoms with E-state index in [-0.39, 0.29) is 30.5 Å². The van der Waals surface area contributed by atoms with Crippen LogP contribution in [-0.4, -0.2) is 68.0 Å². The van der Waals surface area contributed by atoms with Crippen LogP contribution in [0.4, 0.5) is 14.9 Å². The summed E-state index contributed by atoms with van der Waals surface area (Å²) in [6, 6.07) is 11.2. The minimum absolute atomic E-state index is 0.0437. The summed E-state index contributed by atoms with van der Waals surface area (Å²) in [6.45, 7) is 5.76. The maximum absolute atomic E-state index is 14.8. The van der Waals surface area contributed by atoms with E-state index in [9.17, 15) is 14.0 Å². The first-order valence-corrected chi connectivity index (χ1v) is 10.4. The van der Waals surface area contributed by atoms with Crippen LogP contribution < -0.4 is 15.4 Å². The number of benzene rings is 2. The Kier molecular flexibility index (Phi) is 7.59. The number of anilines is 1. The van der Waals surface area contributed by atoms with Crippen LogP contribution in [-0.2, 0) is 6.54 Å². The number of carbonyl (C=O) groups is 2. The number of methoxy groups -OCH3 is 1. The van der Waals surface area contributed by atoms with Crippen LogP contribution >= 0.6 is 0 Å². The van der Waals surface area contributed by atoms with Gasteiger partial charge in [0.05, 0.1) is 20.2 Å². The highest BCUT2D eigenvalue weighted by atomic mass is 19.1. The van der Waals surface area contributed by atoms with E-state index in [1.165, 1.54) is 12.1 Å². The molecule has 0 atom stereocenters. The Morgan fingerprint density at radius 1 is 1.10 bits per heavy atom. The van der Waals surface area contributed by atoms with Crippen LogP contribution in [0.5, 0.6) is 5.75 Å². The van der Waals surface area contributed by atoms with Crippen LogP contribution in [0.1, 0.15) is 22.8 Å². The highest BCUT2D eigenvalue weighted by Gasteiger charge is 2.27. The number of halogens is 1. The van der Waals surface area contributed by atoms with Gasteiger partial charge < -0.3 is 20.3 Å². The number of piperazine rings is 1. The number of urea groups is 1. The van der Waals surface area contributed by atoms with Gasteiger partial charge in [0.1, 0.15) is 11.6 Å². The molecule has 1 saturated heterocycles. The second kappa shape index (κ2) is 10.4. The molecule has 0 aliphatic carbocycles. The molecule has 1 aliphatic rings. The Labute approximate surface area is 182 Å². The van der Waals surface area contributed by atoms with Crippen molar-refractivity contribution in [3.05, 3.63) is 59.4 Å². The molecule has 2 N–H and O–H groups in total. The lowest BCUT2D eigenvalue weighted by Crippen LogP contribution is -2.52. The second-order valence-corrected chi connectivity index (χ2v) is 7.42. The normalized spacial score (nSPS) is 14.4. The molecule has 0 unspecified atom stereocenters. The number of carbonyl (C=O) groups excluding carboxylic acids is 2. The van der Waals surface area contributed by atoms with Crippen molar-refractivity contribution < 1.29 is 18.7 Å². The van der Waals surface area contributed by atoms with E-state index in [4.69, 9.17) is 10.5 Å². The molecule has 1 fully saturated rings. The highest BCUT2D eigenvalue weighted by Crippen LogP contribution is 2.24. The standard InChI is InChI=1S/C23H29FN4O3/c1-3-26-10-12-27(13-11-26)23(30)28(19-6-8-20(31-2)9-7-19)16-18-5-4-17(14-21(18)24)22(29)15-25/h4-9,14H,3,10-13,15-16,25H2,1-2H3. The largest absolute Gasteiger partial charge is 0.497 e. The van der Waals surface area contributed by atoms with Crippen molar-refractivity contribution in [2.45, 2.75) is 13.5 Å². The summed E-state index contributed by atoms with van der Waals surface area (Å²) < 4.78 is 20.0. The highest BCUT2D eigenvalue weighted by molar-refractivity contribution is 5.97. The van der Waals surface area contributed by atoms with Gasteiger partial charge in [-0.3, -0.25) is 9.69 Å². The summed E-state index contributed by atoms with van der Waals surface area (Å²) in [6.07, 6.45) is 0. The Hall–Kier alpha value is -2.97. The van der Waals surface area contributed by atoms with Crippen LogP contribution in [0.15, 0.2) is 42.5 Å². The maximum atomic E-state index is 14.8. The first kappa shape index (κ1) is 22.7. The minimum Gasteiger partial charge on any atom is -0.497 e. The van der Waals surface area contributed by atoms with Crippen molar-refractivity contribution >= 4 is 17.5 Å². The summed E-state index contributed by atoms with van der Waals surface area (Å²) in [5, 5.41) is 0. The number of Topliss-reactive ketones (excluding diaryl/α,β-unsaturated/α-hetero) is 1. The van der Waals surface area contributed by atoms with E-state index >= 15 is 0 Å². The van der Waals surface area contributed by atoms with Gasteiger partial charge in [0, 0.05) is 43.0 Å². The fraction of sp³-hybridized carbons (Fsp3) is 0.391. The molecule has 0 bridgehead atoms. The molecule has 2 aromatic carbocycles. The molecule has 0 saturated carbocycles. The third-order valence-electron chi connectivity index (χ3n) is 5.59. The van der Waals surface area contributed by atoms with E-state index in [1.807, 2.05) is 0 Å². The summed E-state index contributed by atoms with van der Waals surface area (Å²) >= 11 is 0. The van der Waals surface area contributed by atoms with E-state index in [0.717, 1.165) is 19.6 Å². The lowest BCUT2D eigenvalue weighted by molar-refractivity contribution is 0.100. The van der Waals surface area contributed by atoms with E-state index < -0.39 is 5.82 Å². The van der Waals surface area contributed by atoms with Crippen molar-refractivity contribution in [2.75, 3.05) is 51.3 Å². The summed E-state index contributed by atoms with van der Waals surface area (Å²) in [4.78, 5) is 30.8. The van der Waals surface area contributed by atoms with Gasteiger partial charge in [-0.05, 0) is 36.9 Å². The van der Waals surface area contributed by atoms with Crippen LogP contribution in [0.2, 0.25) is 0 Å². The number of hydrogen-bond acceptors (Lipinski definition) is 5. The van der Waals surface area contributed by atoms with Gasteiger partial charge in [-0.25, -0.2) is 9.18 Å². The number of nitrogens with zero attached hydrogens (tertiary/aromatic N) is 3. The molecule has 8 heteroatoms. The zero-order valence-electron chi connectivity index (χ0n) is 18.0. The number of amides is 2. The van der Waals surface area contributed by atoms with E-state index in [2.05, 4.69) is 11.8 Å². The zero-order chi connectivity index (χ0) is 22.4. The molecule has 31 heavy (non-hydrogen) atoms. The van der Waals surface area contributed by atoms with Gasteiger partial charge in [-0.1, -0.05) is 19.1 Å². The molecular formula is C23H29FN4O3. The maximum Gasteiger partial charge on any atom is 0.324 e. The number of ketones is 1. The van der Waals surface area contributed by atoms with Crippen LogP contribution in [0, 0.1) is 5.82 Å². The fourth-order valence-electron chi connectivity index (χ4n) is 3.59. The van der Waals surface area contributed by atoms with Gasteiger partial charge in [-0.15, -0.1) is 0 Å². The summed E-state index contributed by atoms with van der Waals surface area (Å²) in [5.41, 5.74) is 6.56. The van der Waals surface area contributed by atoms with Crippen LogP contribution in [0.3, 0.4) is 0 Å². The first-order chi connectivity index (χ1) is 15.0. The minimum atomic E-state index is -0.540. The lowest BCUT2D eigenvalue weighted by Gasteiger charge is -2.37. The SMILES string of the molecule is CCN1CCN(C(=O)N(Cc2ccc(C(=O)CN)cc2F)c2ccc(OC)cc2)CC1. The Morgan fingerprint density at radius 3 is 2.32 bits per heavy atom. The van der Waals surface area contributed by atoms with Gasteiger partial charge in [0.15, 0.2) is 5.78 Å². The van der Waals surface area contributed by atoms with Gasteiger partial charge >= 0.3 is 6.03 Å². The smallest absolute Gasteiger partial charge is 0.324 e. The first-order valence-electron chi connectivity index (χ1n) is 10.4. The van der Waals surface area contributed by atoms with Gasteiger partial charge in [0.2, 0.25) is 0 Å². The average Bonchev–Trinajstić information content (AvgIpc) is 2.82. The molecule has 0 radical (unpaired) electrons. The quantitative estimate of drug-likeness (QED) is 0.686. The number of hydrogen-bond donors (Lipinski definition) is 1. The van der Waals surface area contributed by atoms with Crippen molar-refractivity contribution in [3.8, 4) is 5.75 Å².